The summed E-state index contributed by atoms with van der Waals surface area (Å²) in [5.74, 6) is -0.0148. The molecule has 0 aliphatic rings. The number of carbonyl (C=O) groups is 2. The summed E-state index contributed by atoms with van der Waals surface area (Å²) in [6.07, 6.45) is 75.3. The zero-order valence-electron chi connectivity index (χ0n) is 48.9. The molecular weight excluding hydrogens is 887 g/mol. The largest absolute Gasteiger partial charge is 0.466 e. The van der Waals surface area contributed by atoms with Crippen molar-refractivity contribution in [2.45, 2.75) is 386 Å². The van der Waals surface area contributed by atoms with Crippen molar-refractivity contribution in [3.63, 3.8) is 0 Å². The molecule has 0 aliphatic heterocycles. The predicted octanol–water partition coefficient (Wildman–Crippen LogP) is 20.8. The number of ether oxygens (including phenoxy) is 1. The maximum atomic E-state index is 12.5. The summed E-state index contributed by atoms with van der Waals surface area (Å²) in [5, 5.41) is 23.3. The van der Waals surface area contributed by atoms with Gasteiger partial charge in [-0.2, -0.15) is 0 Å². The normalized spacial score (nSPS) is 12.6. The highest BCUT2D eigenvalue weighted by Gasteiger charge is 2.20. The lowest BCUT2D eigenvalue weighted by atomic mass is 10.0. The minimum Gasteiger partial charge on any atom is -0.466 e. The predicted molar refractivity (Wildman–Crippen MR) is 315 cm³/mol. The fourth-order valence-corrected chi connectivity index (χ4v) is 10.5. The summed E-state index contributed by atoms with van der Waals surface area (Å²) in [6.45, 7) is 4.98. The standard InChI is InChI=1S/C66H129NO5/c1-3-5-7-9-11-13-15-17-32-35-38-42-46-50-54-58-64(69)63(62-68)67-65(70)59-55-51-47-43-39-36-33-30-28-26-24-22-20-18-19-21-23-25-27-29-31-34-37-41-45-49-53-57-61-72-66(71)60-56-52-48-44-40-16-14-12-10-8-6-4-2/h18-19,63-64,68-69H,3-17,20-62H2,1-2H3,(H,67,70)/b19-18-. The van der Waals surface area contributed by atoms with E-state index in [2.05, 4.69) is 31.3 Å². The van der Waals surface area contributed by atoms with E-state index in [1.54, 1.807) is 0 Å². The van der Waals surface area contributed by atoms with Gasteiger partial charge < -0.3 is 20.3 Å². The highest BCUT2D eigenvalue weighted by molar-refractivity contribution is 5.76. The van der Waals surface area contributed by atoms with E-state index in [9.17, 15) is 19.8 Å². The molecule has 0 rings (SSSR count). The molecule has 0 radical (unpaired) electrons. The Morgan fingerprint density at radius 3 is 0.986 bits per heavy atom. The van der Waals surface area contributed by atoms with Crippen molar-refractivity contribution in [1.82, 2.24) is 5.32 Å². The minimum atomic E-state index is -0.663. The number of allylic oxidation sites excluding steroid dienone is 2. The van der Waals surface area contributed by atoms with Crippen LogP contribution in [0.1, 0.15) is 373 Å². The quantitative estimate of drug-likeness (QED) is 0.0320. The van der Waals surface area contributed by atoms with E-state index in [1.807, 2.05) is 0 Å². The molecule has 0 aromatic rings. The minimum absolute atomic E-state index is 0.0172. The van der Waals surface area contributed by atoms with Gasteiger partial charge in [-0.05, 0) is 51.4 Å². The van der Waals surface area contributed by atoms with Crippen LogP contribution in [0.2, 0.25) is 0 Å². The first-order chi connectivity index (χ1) is 35.5. The van der Waals surface area contributed by atoms with Gasteiger partial charge in [-0.1, -0.05) is 321 Å². The van der Waals surface area contributed by atoms with Gasteiger partial charge in [0.25, 0.3) is 0 Å². The second kappa shape index (κ2) is 62.1. The van der Waals surface area contributed by atoms with E-state index in [0.717, 1.165) is 38.5 Å². The van der Waals surface area contributed by atoms with Crippen molar-refractivity contribution in [3.05, 3.63) is 12.2 Å². The number of esters is 1. The molecule has 0 heterocycles. The van der Waals surface area contributed by atoms with Gasteiger partial charge >= 0.3 is 5.97 Å². The number of aliphatic hydroxyl groups is 2. The number of hydrogen-bond acceptors (Lipinski definition) is 5. The Hall–Kier alpha value is -1.40. The van der Waals surface area contributed by atoms with E-state index in [0.29, 0.717) is 25.9 Å². The summed E-state index contributed by atoms with van der Waals surface area (Å²) >= 11 is 0. The smallest absolute Gasteiger partial charge is 0.305 e. The van der Waals surface area contributed by atoms with E-state index >= 15 is 0 Å². The molecule has 0 aliphatic carbocycles. The van der Waals surface area contributed by atoms with Crippen molar-refractivity contribution in [2.24, 2.45) is 0 Å². The molecule has 0 saturated heterocycles. The number of hydrogen-bond donors (Lipinski definition) is 3. The van der Waals surface area contributed by atoms with Crippen LogP contribution in [0.25, 0.3) is 0 Å². The van der Waals surface area contributed by atoms with Crippen LogP contribution >= 0.6 is 0 Å². The molecule has 6 heteroatoms. The molecule has 0 fully saturated rings. The summed E-state index contributed by atoms with van der Waals surface area (Å²) < 4.78 is 5.48. The van der Waals surface area contributed by atoms with Crippen LogP contribution in [-0.2, 0) is 14.3 Å². The molecule has 1 amide bonds. The van der Waals surface area contributed by atoms with Gasteiger partial charge in [0.1, 0.15) is 0 Å². The molecule has 0 aromatic heterocycles. The summed E-state index contributed by atoms with van der Waals surface area (Å²) in [5.41, 5.74) is 0. The zero-order valence-corrected chi connectivity index (χ0v) is 48.9. The Morgan fingerprint density at radius 1 is 0.375 bits per heavy atom. The van der Waals surface area contributed by atoms with Crippen molar-refractivity contribution < 1.29 is 24.5 Å². The van der Waals surface area contributed by atoms with Crippen LogP contribution in [0.3, 0.4) is 0 Å². The van der Waals surface area contributed by atoms with Crippen LogP contribution in [0, 0.1) is 0 Å². The molecule has 6 nitrogen and oxygen atoms in total. The fraction of sp³-hybridized carbons (Fsp3) is 0.939. The molecule has 72 heavy (non-hydrogen) atoms. The lowest BCUT2D eigenvalue weighted by Crippen LogP contribution is -2.45. The van der Waals surface area contributed by atoms with Crippen molar-refractivity contribution >= 4 is 11.9 Å². The second-order valence-corrected chi connectivity index (χ2v) is 22.8. The molecular formula is C66H129NO5. The number of unbranched alkanes of at least 4 members (excludes halogenated alkanes) is 49. The van der Waals surface area contributed by atoms with Gasteiger partial charge in [0, 0.05) is 12.8 Å². The molecule has 428 valence electrons. The van der Waals surface area contributed by atoms with Gasteiger partial charge in [-0.15, -0.1) is 0 Å². The van der Waals surface area contributed by atoms with Crippen LogP contribution in [0.4, 0.5) is 0 Å². The van der Waals surface area contributed by atoms with Gasteiger partial charge in [-0.3, -0.25) is 9.59 Å². The Morgan fingerprint density at radius 2 is 0.653 bits per heavy atom. The Labute approximate surface area is 450 Å². The summed E-state index contributed by atoms with van der Waals surface area (Å²) in [7, 11) is 0. The van der Waals surface area contributed by atoms with Gasteiger partial charge in [0.05, 0.1) is 25.4 Å². The monoisotopic (exact) mass is 1020 g/mol. The topological polar surface area (TPSA) is 95.9 Å². The molecule has 2 atom stereocenters. The molecule has 2 unspecified atom stereocenters. The number of carbonyl (C=O) groups excluding carboxylic acids is 2. The number of rotatable bonds is 62. The summed E-state index contributed by atoms with van der Waals surface area (Å²) in [4.78, 5) is 24.5. The maximum Gasteiger partial charge on any atom is 0.305 e. The fourth-order valence-electron chi connectivity index (χ4n) is 10.5. The number of amides is 1. The Bertz CT molecular complexity index is 1080. The first-order valence-electron chi connectivity index (χ1n) is 32.9. The van der Waals surface area contributed by atoms with E-state index in [1.165, 1.54) is 302 Å². The molecule has 0 aromatic carbocycles. The molecule has 0 bridgehead atoms. The van der Waals surface area contributed by atoms with Crippen LogP contribution < -0.4 is 5.32 Å². The first kappa shape index (κ1) is 70.6. The first-order valence-corrected chi connectivity index (χ1v) is 32.9. The zero-order chi connectivity index (χ0) is 52.2. The van der Waals surface area contributed by atoms with Gasteiger partial charge in [0.15, 0.2) is 0 Å². The third-order valence-corrected chi connectivity index (χ3v) is 15.6. The van der Waals surface area contributed by atoms with Gasteiger partial charge in [-0.25, -0.2) is 0 Å². The SMILES string of the molecule is CCCCCCCCCCCCCCCCCC(O)C(CO)NC(=O)CCCCCCCCCCCCCC/C=C\CCCCCCCCCCCCCCOC(=O)CCCCCCCCCCCCCC. The van der Waals surface area contributed by atoms with Gasteiger partial charge in [0.2, 0.25) is 5.91 Å². The van der Waals surface area contributed by atoms with Crippen LogP contribution in [-0.4, -0.2) is 47.4 Å². The third kappa shape index (κ3) is 57.9. The maximum absolute atomic E-state index is 12.5. The Kier molecular flexibility index (Phi) is 60.9. The van der Waals surface area contributed by atoms with Crippen molar-refractivity contribution in [2.75, 3.05) is 13.2 Å². The highest BCUT2D eigenvalue weighted by atomic mass is 16.5. The van der Waals surface area contributed by atoms with Crippen LogP contribution in [0.5, 0.6) is 0 Å². The number of nitrogens with one attached hydrogen (secondary N) is 1. The van der Waals surface area contributed by atoms with E-state index in [-0.39, 0.29) is 18.5 Å². The number of aliphatic hydroxyl groups excluding tert-OH is 2. The molecule has 3 N–H and O–H groups in total. The van der Waals surface area contributed by atoms with Crippen LogP contribution in [0.15, 0.2) is 12.2 Å². The Balaban J connectivity index is 3.36. The molecule has 0 spiro atoms. The lowest BCUT2D eigenvalue weighted by molar-refractivity contribution is -0.143. The highest BCUT2D eigenvalue weighted by Crippen LogP contribution is 2.18. The van der Waals surface area contributed by atoms with E-state index < -0.39 is 12.1 Å². The second-order valence-electron chi connectivity index (χ2n) is 22.8. The summed E-state index contributed by atoms with van der Waals surface area (Å²) in [6, 6.07) is -0.540. The average Bonchev–Trinajstić information content (AvgIpc) is 3.38. The van der Waals surface area contributed by atoms with Crippen molar-refractivity contribution in [1.29, 1.82) is 0 Å². The van der Waals surface area contributed by atoms with E-state index in [4.69, 9.17) is 4.74 Å². The third-order valence-electron chi connectivity index (χ3n) is 15.6. The lowest BCUT2D eigenvalue weighted by Gasteiger charge is -2.22. The molecule has 0 saturated carbocycles. The van der Waals surface area contributed by atoms with Crippen molar-refractivity contribution in [3.8, 4) is 0 Å². The average molecular weight is 1020 g/mol.